The highest BCUT2D eigenvalue weighted by Crippen LogP contribution is 2.47. The van der Waals surface area contributed by atoms with E-state index >= 15 is 0 Å². The van der Waals surface area contributed by atoms with Crippen LogP contribution >= 0.6 is 0 Å². The van der Waals surface area contributed by atoms with E-state index in [0.717, 1.165) is 17.5 Å². The summed E-state index contributed by atoms with van der Waals surface area (Å²) in [5.74, 6) is 2.10. The van der Waals surface area contributed by atoms with Crippen molar-refractivity contribution in [2.24, 2.45) is 11.8 Å². The number of fused-ring (bicyclic) bond motifs is 4. The molecule has 1 aromatic heterocycles. The number of unbranched alkanes of at least 4 members (excludes halogenated alkanes) is 2. The second kappa shape index (κ2) is 31.8. The molecule has 1 nitrogen and oxygen atoms in total. The molecule has 13 rings (SSSR count). The molecule has 0 saturated heterocycles. The maximum atomic E-state index is 2.39. The molecule has 1 heteroatoms. The molecule has 1 heterocycles. The molecule has 436 valence electrons. The van der Waals surface area contributed by atoms with Crippen LogP contribution in [0.3, 0.4) is 0 Å². The van der Waals surface area contributed by atoms with Gasteiger partial charge in [0.05, 0.1) is 11.0 Å². The van der Waals surface area contributed by atoms with Crippen LogP contribution in [0, 0.1) is 18.8 Å². The summed E-state index contributed by atoms with van der Waals surface area (Å²) in [7, 11) is 0. The number of hydrogen-bond acceptors (Lipinski definition) is 0. The highest BCUT2D eigenvalue weighted by atomic mass is 15.0. The first-order valence-electron chi connectivity index (χ1n) is 32.2. The van der Waals surface area contributed by atoms with Gasteiger partial charge in [0.2, 0.25) is 0 Å². The lowest BCUT2D eigenvalue weighted by Gasteiger charge is -2.22. The highest BCUT2D eigenvalue weighted by molar-refractivity contribution is 6.10. The minimum atomic E-state index is -0.0306. The van der Waals surface area contributed by atoms with Gasteiger partial charge in [0, 0.05) is 21.9 Å². The number of aryl methyl sites for hydroxylation is 1. The normalized spacial score (nSPS) is 15.5. The summed E-state index contributed by atoms with van der Waals surface area (Å²) >= 11 is 0. The van der Waals surface area contributed by atoms with E-state index < -0.39 is 0 Å². The molecule has 0 bridgehead atoms. The topological polar surface area (TPSA) is 4.93 Å². The quantitative estimate of drug-likeness (QED) is 0.129. The molecule has 3 aliphatic carbocycles. The third kappa shape index (κ3) is 16.9. The fraction of sp³-hybridized carbons (Fsp3) is 0.286. The molecule has 10 aromatic rings. The van der Waals surface area contributed by atoms with Crippen molar-refractivity contribution < 1.29 is 0 Å². The Morgan fingerprint density at radius 3 is 1.39 bits per heavy atom. The summed E-state index contributed by atoms with van der Waals surface area (Å²) < 4.78 is 2.39. The Balaban J connectivity index is 0.000000236. The molecule has 0 radical (unpaired) electrons. The Hall–Kier alpha value is -8.00. The van der Waals surface area contributed by atoms with Crippen LogP contribution in [0.4, 0.5) is 0 Å². The van der Waals surface area contributed by atoms with Crippen LogP contribution in [0.2, 0.25) is 0 Å². The lowest BCUT2D eigenvalue weighted by atomic mass is 9.81. The number of benzene rings is 9. The molecular formula is C84H95N. The minimum absolute atomic E-state index is 0.0306. The molecule has 0 aliphatic heterocycles. The molecule has 0 amide bonds. The molecule has 0 spiro atoms. The summed E-state index contributed by atoms with van der Waals surface area (Å²) in [6.07, 6.45) is 24.8. The van der Waals surface area contributed by atoms with E-state index in [9.17, 15) is 0 Å². The maximum absolute atomic E-state index is 2.39. The first-order chi connectivity index (χ1) is 41.5. The van der Waals surface area contributed by atoms with E-state index in [2.05, 4.69) is 316 Å². The van der Waals surface area contributed by atoms with Crippen LogP contribution in [0.25, 0.3) is 83.6 Å². The van der Waals surface area contributed by atoms with Gasteiger partial charge in [-0.1, -0.05) is 331 Å². The molecular weight excluding hydrogens is 1020 g/mol. The predicted molar refractivity (Wildman–Crippen MR) is 376 cm³/mol. The Labute approximate surface area is 513 Å². The molecule has 85 heavy (non-hydrogen) atoms. The van der Waals surface area contributed by atoms with Gasteiger partial charge in [0.1, 0.15) is 0 Å². The van der Waals surface area contributed by atoms with Crippen molar-refractivity contribution in [1.29, 1.82) is 0 Å². The molecule has 2 fully saturated rings. The average Bonchev–Trinajstić information content (AvgIpc) is 1.81. The van der Waals surface area contributed by atoms with E-state index in [0.29, 0.717) is 0 Å². The molecule has 3 aliphatic rings. The SMILES string of the molecule is C/C=C/C1=C(/C=C\c2cccc(-c3cccc(-c4ccc5c(c4)c4ccccc4n5-c4ccc(-c5ccccc5)cc4)c3)c2)c2ccccc2C1(C)C.C1CCCCC1.CC1CC1C.CCCC.CCCC.Cc1ccc(-c2ccccc2)cc1. The van der Waals surface area contributed by atoms with Gasteiger partial charge in [-0.3, -0.25) is 0 Å². The Morgan fingerprint density at radius 2 is 0.847 bits per heavy atom. The molecule has 9 aromatic carbocycles. The second-order valence-electron chi connectivity index (χ2n) is 24.1. The average molecular weight is 1120 g/mol. The molecule has 2 unspecified atom stereocenters. The van der Waals surface area contributed by atoms with Gasteiger partial charge in [-0.15, -0.1) is 0 Å². The van der Waals surface area contributed by atoms with Crippen molar-refractivity contribution in [2.45, 2.75) is 145 Å². The van der Waals surface area contributed by atoms with E-state index in [1.54, 1.807) is 0 Å². The van der Waals surface area contributed by atoms with Crippen LogP contribution in [0.1, 0.15) is 155 Å². The van der Waals surface area contributed by atoms with Crippen molar-refractivity contribution in [3.8, 4) is 50.2 Å². The number of allylic oxidation sites excluding steroid dienone is 5. The minimum Gasteiger partial charge on any atom is -0.309 e. The van der Waals surface area contributed by atoms with Crippen LogP contribution in [-0.4, -0.2) is 4.57 Å². The molecule has 0 N–H and O–H groups in total. The fourth-order valence-corrected chi connectivity index (χ4v) is 11.2. The van der Waals surface area contributed by atoms with Crippen molar-refractivity contribution in [3.63, 3.8) is 0 Å². The van der Waals surface area contributed by atoms with Crippen molar-refractivity contribution >= 4 is 33.5 Å². The third-order valence-electron chi connectivity index (χ3n) is 17.1. The van der Waals surface area contributed by atoms with Gasteiger partial charge in [-0.05, 0) is 147 Å². The summed E-state index contributed by atoms with van der Waals surface area (Å²) in [4.78, 5) is 0. The van der Waals surface area contributed by atoms with Crippen LogP contribution in [0.15, 0.2) is 248 Å². The van der Waals surface area contributed by atoms with E-state index in [1.165, 1.54) is 170 Å². The zero-order chi connectivity index (χ0) is 60.0. The van der Waals surface area contributed by atoms with Crippen LogP contribution in [-0.2, 0) is 5.41 Å². The standard InChI is InChI=1S/C52H41N.C13H12.C6H12.C5H10.2C4H10/c1-4-14-48-45(44-21-8-10-23-49(44)52(48,2)3)31-25-36-15-12-18-39(33-36)40-19-13-20-41(34-40)42-28-32-51-47(35-42)46-22-9-11-24-50(46)53(51)43-29-26-38(27-30-43)37-16-6-5-7-17-37;1-11-7-9-13(10-8-11)12-5-3-2-4-6-12;1-2-4-6-5-3-1;1-4-3-5(4)2;2*1-3-4-2/h4-35H,1-3H3;2-10H,1H3;1-6H2;4-5H,3H2,1-2H3;2*3-4H2,1-2H3/b14-4+,31-25-;;;;;. The highest BCUT2D eigenvalue weighted by Gasteiger charge is 2.35. The number of aromatic nitrogens is 1. The first kappa shape index (κ1) is 63.0. The lowest BCUT2D eigenvalue weighted by Crippen LogP contribution is -2.15. The zero-order valence-corrected chi connectivity index (χ0v) is 53.1. The van der Waals surface area contributed by atoms with Crippen molar-refractivity contribution in [1.82, 2.24) is 4.57 Å². The van der Waals surface area contributed by atoms with Gasteiger partial charge >= 0.3 is 0 Å². The summed E-state index contributed by atoms with van der Waals surface area (Å²) in [6.45, 7) is 22.2. The Kier molecular flexibility index (Phi) is 23.6. The number of nitrogens with zero attached hydrogens (tertiary/aromatic N) is 1. The van der Waals surface area contributed by atoms with Crippen molar-refractivity contribution in [3.05, 3.63) is 271 Å². The Bertz CT molecular complexity index is 3700. The molecule has 2 saturated carbocycles. The smallest absolute Gasteiger partial charge is 0.0541 e. The summed E-state index contributed by atoms with van der Waals surface area (Å²) in [5.41, 5.74) is 21.3. The van der Waals surface area contributed by atoms with Gasteiger partial charge in [-0.25, -0.2) is 0 Å². The van der Waals surface area contributed by atoms with Gasteiger partial charge < -0.3 is 4.57 Å². The monoisotopic (exact) mass is 1120 g/mol. The van der Waals surface area contributed by atoms with E-state index in [-0.39, 0.29) is 5.41 Å². The van der Waals surface area contributed by atoms with Crippen molar-refractivity contribution in [2.75, 3.05) is 0 Å². The lowest BCUT2D eigenvalue weighted by molar-refractivity contribution is 0.504. The molecule has 2 atom stereocenters. The predicted octanol–water partition coefficient (Wildman–Crippen LogP) is 25.4. The Morgan fingerprint density at radius 1 is 0.412 bits per heavy atom. The largest absolute Gasteiger partial charge is 0.309 e. The zero-order valence-electron chi connectivity index (χ0n) is 53.1. The summed E-state index contributed by atoms with van der Waals surface area (Å²) in [6, 6.07) is 80.9. The number of rotatable bonds is 10. The van der Waals surface area contributed by atoms with Crippen LogP contribution < -0.4 is 0 Å². The maximum Gasteiger partial charge on any atom is 0.0541 e. The summed E-state index contributed by atoms with van der Waals surface area (Å²) in [5, 5.41) is 2.51. The van der Waals surface area contributed by atoms with E-state index in [4.69, 9.17) is 0 Å². The van der Waals surface area contributed by atoms with Crippen LogP contribution in [0.5, 0.6) is 0 Å². The number of hydrogen-bond donors (Lipinski definition) is 0. The van der Waals surface area contributed by atoms with Gasteiger partial charge in [0.15, 0.2) is 0 Å². The number of para-hydroxylation sites is 1. The van der Waals surface area contributed by atoms with Gasteiger partial charge in [0.25, 0.3) is 0 Å². The van der Waals surface area contributed by atoms with E-state index in [1.807, 2.05) is 6.07 Å². The second-order valence-corrected chi connectivity index (χ2v) is 24.1. The van der Waals surface area contributed by atoms with Gasteiger partial charge in [-0.2, -0.15) is 0 Å². The first-order valence-corrected chi connectivity index (χ1v) is 32.2. The third-order valence-corrected chi connectivity index (χ3v) is 17.1. The fourth-order valence-electron chi connectivity index (χ4n) is 11.2.